The Balaban J connectivity index is 1.16. The minimum Gasteiger partial charge on any atom is -0.309 e. The molecular formula is C55H45N. The van der Waals surface area contributed by atoms with E-state index in [0.717, 1.165) is 5.69 Å². The molecule has 0 bridgehead atoms. The fraction of sp³-hybridized carbons (Fsp3) is 0.164. The van der Waals surface area contributed by atoms with Crippen LogP contribution in [0, 0.1) is 0 Å². The Labute approximate surface area is 330 Å². The molecule has 3 aliphatic rings. The molecule has 0 atom stereocenters. The molecule has 1 heteroatoms. The zero-order valence-electron chi connectivity index (χ0n) is 33.0. The Morgan fingerprint density at radius 3 is 1.62 bits per heavy atom. The number of rotatable bonds is 4. The van der Waals surface area contributed by atoms with E-state index in [1.165, 1.54) is 100 Å². The van der Waals surface area contributed by atoms with E-state index in [-0.39, 0.29) is 16.2 Å². The monoisotopic (exact) mass is 719 g/mol. The summed E-state index contributed by atoms with van der Waals surface area (Å²) in [5.41, 5.74) is 22.1. The molecule has 8 aromatic rings. The summed E-state index contributed by atoms with van der Waals surface area (Å²) in [6, 6.07) is 61.9. The SMILES string of the molecule is CC1(C)c2ccccc2-c2cc(-c3ccc(N(c4cccc5c4-c4ccccc4C5(C)C)c4cc5ccccc5c5c4-c4ccccc4C5(C)C)cc3)ccc21. The maximum Gasteiger partial charge on any atom is 0.0549 e. The zero-order valence-corrected chi connectivity index (χ0v) is 33.0. The van der Waals surface area contributed by atoms with Crippen molar-refractivity contribution in [1.29, 1.82) is 0 Å². The van der Waals surface area contributed by atoms with Gasteiger partial charge in [-0.05, 0) is 108 Å². The number of fused-ring (bicyclic) bond motifs is 11. The molecule has 1 nitrogen and oxygen atoms in total. The van der Waals surface area contributed by atoms with Gasteiger partial charge in [0.25, 0.3) is 0 Å². The fourth-order valence-corrected chi connectivity index (χ4v) is 10.8. The molecule has 0 saturated carbocycles. The third-order valence-electron chi connectivity index (χ3n) is 13.6. The largest absolute Gasteiger partial charge is 0.309 e. The van der Waals surface area contributed by atoms with Crippen molar-refractivity contribution in [2.75, 3.05) is 4.90 Å². The molecule has 3 aliphatic carbocycles. The van der Waals surface area contributed by atoms with E-state index in [4.69, 9.17) is 0 Å². The lowest BCUT2D eigenvalue weighted by molar-refractivity contribution is 0.660. The molecule has 0 aliphatic heterocycles. The zero-order chi connectivity index (χ0) is 38.1. The second-order valence-corrected chi connectivity index (χ2v) is 17.7. The Morgan fingerprint density at radius 2 is 0.893 bits per heavy atom. The number of benzene rings is 8. The standard InChI is InChI=1S/C55H45N/c1-53(2)43-21-12-9-18-39(43)42-32-35(28-31-46(42)53)34-26-29-37(30-27-34)56(48-25-15-24-47-50(48)40-19-10-13-22-44(40)54(47,3)4)49-33-36-16-7-8-17-38(36)52-51(49)41-20-11-14-23-45(41)55(52,5)6/h7-33H,1-6H3. The van der Waals surface area contributed by atoms with Crippen molar-refractivity contribution in [3.05, 3.63) is 197 Å². The first-order chi connectivity index (χ1) is 27.1. The minimum absolute atomic E-state index is 0.00869. The van der Waals surface area contributed by atoms with Gasteiger partial charge in [-0.15, -0.1) is 0 Å². The molecule has 11 rings (SSSR count). The van der Waals surface area contributed by atoms with Crippen molar-refractivity contribution in [3.63, 3.8) is 0 Å². The average molecular weight is 720 g/mol. The lowest BCUT2D eigenvalue weighted by atomic mass is 9.80. The van der Waals surface area contributed by atoms with Gasteiger partial charge >= 0.3 is 0 Å². The van der Waals surface area contributed by atoms with Gasteiger partial charge < -0.3 is 4.90 Å². The fourth-order valence-electron chi connectivity index (χ4n) is 10.8. The normalized spacial score (nSPS) is 15.8. The molecule has 0 N–H and O–H groups in total. The first-order valence-electron chi connectivity index (χ1n) is 20.1. The summed E-state index contributed by atoms with van der Waals surface area (Å²) >= 11 is 0. The summed E-state index contributed by atoms with van der Waals surface area (Å²) in [6.45, 7) is 14.3. The second-order valence-electron chi connectivity index (χ2n) is 17.7. The van der Waals surface area contributed by atoms with Crippen molar-refractivity contribution in [1.82, 2.24) is 0 Å². The summed E-state index contributed by atoms with van der Waals surface area (Å²) in [5.74, 6) is 0. The molecule has 56 heavy (non-hydrogen) atoms. The maximum absolute atomic E-state index is 2.58. The van der Waals surface area contributed by atoms with Crippen LogP contribution in [0.5, 0.6) is 0 Å². The summed E-state index contributed by atoms with van der Waals surface area (Å²) in [4.78, 5) is 2.58. The number of hydrogen-bond acceptors (Lipinski definition) is 1. The highest BCUT2D eigenvalue weighted by atomic mass is 15.1. The number of hydrogen-bond donors (Lipinski definition) is 0. The van der Waals surface area contributed by atoms with E-state index in [9.17, 15) is 0 Å². The summed E-state index contributed by atoms with van der Waals surface area (Å²) in [7, 11) is 0. The van der Waals surface area contributed by atoms with Gasteiger partial charge in [-0.25, -0.2) is 0 Å². The van der Waals surface area contributed by atoms with E-state index in [2.05, 4.69) is 210 Å². The molecule has 0 amide bonds. The smallest absolute Gasteiger partial charge is 0.0549 e. The van der Waals surface area contributed by atoms with Crippen molar-refractivity contribution >= 4 is 27.8 Å². The molecule has 0 fully saturated rings. The van der Waals surface area contributed by atoms with Crippen LogP contribution in [0.25, 0.3) is 55.3 Å². The van der Waals surface area contributed by atoms with Crippen LogP contribution >= 0.6 is 0 Å². The van der Waals surface area contributed by atoms with Gasteiger partial charge in [0.2, 0.25) is 0 Å². The summed E-state index contributed by atoms with van der Waals surface area (Å²) < 4.78 is 0. The third-order valence-corrected chi connectivity index (χ3v) is 13.6. The quantitative estimate of drug-likeness (QED) is 0.175. The van der Waals surface area contributed by atoms with Crippen LogP contribution in [0.1, 0.15) is 74.9 Å². The van der Waals surface area contributed by atoms with Gasteiger partial charge in [0.05, 0.1) is 11.4 Å². The lowest BCUT2D eigenvalue weighted by Gasteiger charge is -2.32. The van der Waals surface area contributed by atoms with E-state index >= 15 is 0 Å². The van der Waals surface area contributed by atoms with Crippen LogP contribution in [0.2, 0.25) is 0 Å². The molecule has 0 saturated heterocycles. The van der Waals surface area contributed by atoms with Crippen LogP contribution in [-0.4, -0.2) is 0 Å². The maximum atomic E-state index is 2.58. The second kappa shape index (κ2) is 11.4. The van der Waals surface area contributed by atoms with E-state index in [0.29, 0.717) is 0 Å². The van der Waals surface area contributed by atoms with Gasteiger partial charge in [-0.3, -0.25) is 0 Å². The number of nitrogens with zero attached hydrogens (tertiary/aromatic N) is 1. The van der Waals surface area contributed by atoms with Gasteiger partial charge in [-0.2, -0.15) is 0 Å². The molecule has 0 heterocycles. The summed E-state index contributed by atoms with van der Waals surface area (Å²) in [5, 5.41) is 2.59. The highest BCUT2D eigenvalue weighted by molar-refractivity contribution is 6.07. The predicted molar refractivity (Wildman–Crippen MR) is 237 cm³/mol. The first-order valence-corrected chi connectivity index (χ1v) is 20.1. The molecule has 0 aromatic heterocycles. The predicted octanol–water partition coefficient (Wildman–Crippen LogP) is 14.9. The summed E-state index contributed by atoms with van der Waals surface area (Å²) in [6.07, 6.45) is 0. The highest BCUT2D eigenvalue weighted by Crippen LogP contribution is 2.59. The molecule has 0 radical (unpaired) electrons. The molecule has 8 aromatic carbocycles. The third kappa shape index (κ3) is 4.37. The van der Waals surface area contributed by atoms with Crippen LogP contribution in [-0.2, 0) is 16.2 Å². The first kappa shape index (κ1) is 33.2. The highest BCUT2D eigenvalue weighted by Gasteiger charge is 2.42. The van der Waals surface area contributed by atoms with Gasteiger partial charge in [0.1, 0.15) is 0 Å². The Morgan fingerprint density at radius 1 is 0.357 bits per heavy atom. The number of anilines is 3. The molecular weight excluding hydrogens is 675 g/mol. The van der Waals surface area contributed by atoms with Gasteiger partial charge in [-0.1, -0.05) is 175 Å². The minimum atomic E-state index is -0.162. The van der Waals surface area contributed by atoms with E-state index < -0.39 is 0 Å². The molecule has 0 spiro atoms. The Hall–Kier alpha value is -6.18. The van der Waals surface area contributed by atoms with Crippen molar-refractivity contribution in [3.8, 4) is 44.5 Å². The topological polar surface area (TPSA) is 3.24 Å². The van der Waals surface area contributed by atoms with E-state index in [1.54, 1.807) is 0 Å². The van der Waals surface area contributed by atoms with E-state index in [1.807, 2.05) is 0 Å². The van der Waals surface area contributed by atoms with Crippen LogP contribution in [0.3, 0.4) is 0 Å². The van der Waals surface area contributed by atoms with Gasteiger partial charge in [0, 0.05) is 33.1 Å². The van der Waals surface area contributed by atoms with Crippen LogP contribution < -0.4 is 4.90 Å². The van der Waals surface area contributed by atoms with Crippen LogP contribution in [0.15, 0.2) is 164 Å². The molecule has 0 unspecified atom stereocenters. The van der Waals surface area contributed by atoms with Crippen molar-refractivity contribution in [2.24, 2.45) is 0 Å². The Kier molecular flexibility index (Phi) is 6.77. The van der Waals surface area contributed by atoms with Crippen molar-refractivity contribution in [2.45, 2.75) is 57.8 Å². The molecule has 270 valence electrons. The van der Waals surface area contributed by atoms with Crippen LogP contribution in [0.4, 0.5) is 17.1 Å². The average Bonchev–Trinajstić information content (AvgIpc) is 3.72. The van der Waals surface area contributed by atoms with Crippen molar-refractivity contribution < 1.29 is 0 Å². The lowest BCUT2D eigenvalue weighted by Crippen LogP contribution is -2.17. The Bertz CT molecular complexity index is 2940. The van der Waals surface area contributed by atoms with Gasteiger partial charge in [0.15, 0.2) is 0 Å².